The molecule has 3 heterocycles. The average Bonchev–Trinajstić information content (AvgIpc) is 2.94. The van der Waals surface area contributed by atoms with Crippen molar-refractivity contribution in [2.45, 2.75) is 13.0 Å². The van der Waals surface area contributed by atoms with E-state index in [1.165, 1.54) is 6.20 Å². The lowest BCUT2D eigenvalue weighted by Gasteiger charge is -2.37. The molecule has 7 nitrogen and oxygen atoms in total. The van der Waals surface area contributed by atoms with Crippen molar-refractivity contribution in [3.8, 4) is 0 Å². The number of likely N-dealkylation sites (N-methyl/N-ethyl adjacent to an activating group) is 1. The number of piperazine rings is 1. The average molecular weight is 322 g/mol. The van der Waals surface area contributed by atoms with Gasteiger partial charge in [0.25, 0.3) is 5.91 Å². The molecular weight excluding hydrogens is 306 g/mol. The number of halogens is 1. The van der Waals surface area contributed by atoms with Crippen molar-refractivity contribution in [2.24, 2.45) is 0 Å². The molecule has 0 saturated carbocycles. The highest BCUT2D eigenvalue weighted by molar-refractivity contribution is 6.33. The molecule has 0 aromatic carbocycles. The molecule has 116 valence electrons. The normalized spacial score (nSPS) is 19.4. The molecule has 0 N–H and O–H groups in total. The van der Waals surface area contributed by atoms with Crippen LogP contribution >= 0.6 is 11.6 Å². The van der Waals surface area contributed by atoms with Gasteiger partial charge in [0, 0.05) is 32.0 Å². The van der Waals surface area contributed by atoms with Gasteiger partial charge in [-0.25, -0.2) is 0 Å². The molecule has 0 radical (unpaired) electrons. The Kier molecular flexibility index (Phi) is 4.08. The van der Waals surface area contributed by atoms with E-state index in [1.807, 2.05) is 7.05 Å². The first-order chi connectivity index (χ1) is 10.6. The lowest BCUT2D eigenvalue weighted by Crippen LogP contribution is -2.49. The Bertz CT molecular complexity index is 689. The summed E-state index contributed by atoms with van der Waals surface area (Å²) in [7, 11) is 1.98. The molecule has 0 bridgehead atoms. The standard InChI is InChI=1S/C14H16ClN5O2/c1-9-17-13(22-18-9)12-8-20(6-5-19(12)2)14(21)10-3-4-16-7-11(10)15/h3-4,7,12H,5-6,8H2,1-2H3. The summed E-state index contributed by atoms with van der Waals surface area (Å²) in [5, 5.41) is 4.18. The van der Waals surface area contributed by atoms with Gasteiger partial charge in [0.05, 0.1) is 10.6 Å². The lowest BCUT2D eigenvalue weighted by atomic mass is 10.1. The van der Waals surface area contributed by atoms with E-state index in [0.717, 1.165) is 6.54 Å². The Morgan fingerprint density at radius 1 is 1.45 bits per heavy atom. The van der Waals surface area contributed by atoms with Gasteiger partial charge >= 0.3 is 0 Å². The molecule has 2 aromatic rings. The largest absolute Gasteiger partial charge is 0.338 e. The Balaban J connectivity index is 1.81. The molecule has 0 aliphatic carbocycles. The van der Waals surface area contributed by atoms with Gasteiger partial charge in [0.1, 0.15) is 6.04 Å². The lowest BCUT2D eigenvalue weighted by molar-refractivity contribution is 0.0489. The Labute approximate surface area is 132 Å². The van der Waals surface area contributed by atoms with Crippen molar-refractivity contribution in [3.05, 3.63) is 40.8 Å². The summed E-state index contributed by atoms with van der Waals surface area (Å²) in [5.41, 5.74) is 0.460. The number of nitrogens with zero attached hydrogens (tertiary/aromatic N) is 5. The number of hydrogen-bond donors (Lipinski definition) is 0. The van der Waals surface area contributed by atoms with Crippen LogP contribution in [0.5, 0.6) is 0 Å². The van der Waals surface area contributed by atoms with Gasteiger partial charge in [-0.05, 0) is 20.0 Å². The molecule has 3 rings (SSSR count). The minimum atomic E-state index is -0.112. The Morgan fingerprint density at radius 3 is 2.95 bits per heavy atom. The molecule has 1 unspecified atom stereocenters. The minimum absolute atomic E-state index is 0.110. The van der Waals surface area contributed by atoms with Crippen LogP contribution in [-0.2, 0) is 0 Å². The zero-order chi connectivity index (χ0) is 15.7. The summed E-state index contributed by atoms with van der Waals surface area (Å²) < 4.78 is 5.25. The Morgan fingerprint density at radius 2 is 2.27 bits per heavy atom. The molecule has 8 heteroatoms. The minimum Gasteiger partial charge on any atom is -0.338 e. The first-order valence-electron chi connectivity index (χ1n) is 6.95. The van der Waals surface area contributed by atoms with E-state index in [1.54, 1.807) is 24.1 Å². The van der Waals surface area contributed by atoms with Gasteiger partial charge in [0.15, 0.2) is 5.82 Å². The predicted octanol–water partition coefficient (Wildman–Crippen LogP) is 1.56. The summed E-state index contributed by atoms with van der Waals surface area (Å²) in [4.78, 5) is 24.7. The monoisotopic (exact) mass is 321 g/mol. The van der Waals surface area contributed by atoms with Gasteiger partial charge in [-0.15, -0.1) is 0 Å². The maximum absolute atomic E-state index is 12.6. The van der Waals surface area contributed by atoms with E-state index in [4.69, 9.17) is 16.1 Å². The number of carbonyl (C=O) groups is 1. The van der Waals surface area contributed by atoms with Crippen molar-refractivity contribution in [3.63, 3.8) is 0 Å². The third-order valence-corrected chi connectivity index (χ3v) is 4.07. The number of aromatic nitrogens is 3. The molecule has 2 aromatic heterocycles. The first kappa shape index (κ1) is 14.9. The highest BCUT2D eigenvalue weighted by Crippen LogP contribution is 2.25. The number of aryl methyl sites for hydroxylation is 1. The highest BCUT2D eigenvalue weighted by atomic mass is 35.5. The van der Waals surface area contributed by atoms with Crippen LogP contribution in [0.3, 0.4) is 0 Å². The van der Waals surface area contributed by atoms with E-state index < -0.39 is 0 Å². The third kappa shape index (κ3) is 2.82. The molecule has 0 spiro atoms. The maximum atomic E-state index is 12.6. The molecular formula is C14H16ClN5O2. The molecule has 1 saturated heterocycles. The van der Waals surface area contributed by atoms with Crippen molar-refractivity contribution < 1.29 is 9.32 Å². The zero-order valence-corrected chi connectivity index (χ0v) is 13.1. The quantitative estimate of drug-likeness (QED) is 0.835. The van der Waals surface area contributed by atoms with Crippen LogP contribution in [-0.4, -0.2) is 57.5 Å². The number of hydrogen-bond acceptors (Lipinski definition) is 6. The number of amides is 1. The van der Waals surface area contributed by atoms with Crippen LogP contribution in [0.1, 0.15) is 28.1 Å². The van der Waals surface area contributed by atoms with Crippen molar-refractivity contribution in [1.29, 1.82) is 0 Å². The highest BCUT2D eigenvalue weighted by Gasteiger charge is 2.32. The number of rotatable bonds is 2. The summed E-state index contributed by atoms with van der Waals surface area (Å²) >= 11 is 6.06. The Hall–Kier alpha value is -1.99. The topological polar surface area (TPSA) is 75.4 Å². The maximum Gasteiger partial charge on any atom is 0.255 e. The molecule has 1 atom stereocenters. The van der Waals surface area contributed by atoms with Gasteiger partial charge in [-0.2, -0.15) is 4.98 Å². The molecule has 1 amide bonds. The van der Waals surface area contributed by atoms with E-state index in [-0.39, 0.29) is 11.9 Å². The fourth-order valence-corrected chi connectivity index (χ4v) is 2.69. The van der Waals surface area contributed by atoms with E-state index in [9.17, 15) is 4.79 Å². The van der Waals surface area contributed by atoms with Crippen LogP contribution < -0.4 is 0 Å². The van der Waals surface area contributed by atoms with E-state index in [2.05, 4.69) is 20.0 Å². The molecule has 1 fully saturated rings. The summed E-state index contributed by atoms with van der Waals surface area (Å²) in [6, 6.07) is 1.52. The fourth-order valence-electron chi connectivity index (χ4n) is 2.49. The van der Waals surface area contributed by atoms with Crippen LogP contribution in [0, 0.1) is 6.92 Å². The van der Waals surface area contributed by atoms with Gasteiger partial charge in [-0.3, -0.25) is 14.7 Å². The predicted molar refractivity (Wildman–Crippen MR) is 79.6 cm³/mol. The van der Waals surface area contributed by atoms with Gasteiger partial charge in [-0.1, -0.05) is 16.8 Å². The van der Waals surface area contributed by atoms with E-state index in [0.29, 0.717) is 35.4 Å². The van der Waals surface area contributed by atoms with Crippen LogP contribution in [0.25, 0.3) is 0 Å². The van der Waals surface area contributed by atoms with Crippen molar-refractivity contribution in [2.75, 3.05) is 26.7 Å². The first-order valence-corrected chi connectivity index (χ1v) is 7.33. The summed E-state index contributed by atoms with van der Waals surface area (Å²) in [6.45, 7) is 3.60. The summed E-state index contributed by atoms with van der Waals surface area (Å²) in [6.07, 6.45) is 3.04. The van der Waals surface area contributed by atoms with Crippen LogP contribution in [0.15, 0.2) is 23.0 Å². The molecule has 1 aliphatic heterocycles. The third-order valence-electron chi connectivity index (χ3n) is 3.77. The number of pyridine rings is 1. The molecule has 22 heavy (non-hydrogen) atoms. The van der Waals surface area contributed by atoms with E-state index >= 15 is 0 Å². The van der Waals surface area contributed by atoms with Gasteiger partial charge in [0.2, 0.25) is 5.89 Å². The second-order valence-electron chi connectivity index (χ2n) is 5.28. The fraction of sp³-hybridized carbons (Fsp3) is 0.429. The smallest absolute Gasteiger partial charge is 0.255 e. The SMILES string of the molecule is Cc1noc(C2CN(C(=O)c3ccncc3Cl)CCN2C)n1. The number of carbonyl (C=O) groups excluding carboxylic acids is 1. The van der Waals surface area contributed by atoms with Crippen LogP contribution in [0.4, 0.5) is 0 Å². The zero-order valence-electron chi connectivity index (χ0n) is 12.4. The van der Waals surface area contributed by atoms with Crippen LogP contribution in [0.2, 0.25) is 5.02 Å². The van der Waals surface area contributed by atoms with Gasteiger partial charge < -0.3 is 9.42 Å². The second kappa shape index (κ2) is 6.02. The summed E-state index contributed by atoms with van der Waals surface area (Å²) in [5.74, 6) is 1.00. The molecule has 1 aliphatic rings. The van der Waals surface area contributed by atoms with Crippen molar-refractivity contribution >= 4 is 17.5 Å². The second-order valence-corrected chi connectivity index (χ2v) is 5.69. The van der Waals surface area contributed by atoms with Crippen molar-refractivity contribution in [1.82, 2.24) is 24.9 Å².